The van der Waals surface area contributed by atoms with E-state index in [1.54, 1.807) is 11.3 Å². The number of hydrogen-bond donors (Lipinski definition) is 0. The van der Waals surface area contributed by atoms with Crippen molar-refractivity contribution < 1.29 is 4.79 Å². The van der Waals surface area contributed by atoms with Crippen LogP contribution in [0, 0.1) is 19.3 Å². The van der Waals surface area contributed by atoms with Crippen LogP contribution in [0.1, 0.15) is 29.1 Å². The van der Waals surface area contributed by atoms with Crippen molar-refractivity contribution in [1.29, 1.82) is 0 Å². The largest absolute Gasteiger partial charge is 0.340 e. The lowest BCUT2D eigenvalue weighted by atomic mass is 9.85. The van der Waals surface area contributed by atoms with Gasteiger partial charge >= 0.3 is 0 Å². The van der Waals surface area contributed by atoms with Crippen molar-refractivity contribution in [2.75, 3.05) is 24.5 Å². The number of hydrogen-bond acceptors (Lipinski definition) is 6. The third-order valence-electron chi connectivity index (χ3n) is 5.02. The lowest BCUT2D eigenvalue weighted by Crippen LogP contribution is -2.37. The van der Waals surface area contributed by atoms with Crippen molar-refractivity contribution in [1.82, 2.24) is 19.9 Å². The number of nitrogens with zero attached hydrogens (tertiary/aromatic N) is 5. The Morgan fingerprint density at radius 2 is 1.96 bits per heavy atom. The van der Waals surface area contributed by atoms with Gasteiger partial charge in [-0.3, -0.25) is 4.79 Å². The van der Waals surface area contributed by atoms with Gasteiger partial charge in [0, 0.05) is 37.4 Å². The molecule has 0 aromatic carbocycles. The molecular weight excluding hydrogens is 322 g/mol. The topological polar surface area (TPSA) is 62.2 Å². The van der Waals surface area contributed by atoms with E-state index in [0.717, 1.165) is 54.7 Å². The minimum absolute atomic E-state index is 0.265. The van der Waals surface area contributed by atoms with Gasteiger partial charge in [0.1, 0.15) is 0 Å². The summed E-state index contributed by atoms with van der Waals surface area (Å²) >= 11 is 1.64. The first kappa shape index (κ1) is 15.5. The monoisotopic (exact) mass is 343 g/mol. The van der Waals surface area contributed by atoms with Crippen LogP contribution in [0.5, 0.6) is 0 Å². The molecule has 2 aliphatic rings. The predicted octanol–water partition coefficient (Wildman–Crippen LogP) is 2.18. The highest BCUT2D eigenvalue weighted by Crippen LogP contribution is 2.41. The van der Waals surface area contributed by atoms with Gasteiger partial charge in [0.2, 0.25) is 11.9 Å². The van der Waals surface area contributed by atoms with Gasteiger partial charge in [0.15, 0.2) is 0 Å². The van der Waals surface area contributed by atoms with Crippen LogP contribution in [0.4, 0.5) is 5.95 Å². The molecule has 6 nitrogen and oxygen atoms in total. The summed E-state index contributed by atoms with van der Waals surface area (Å²) in [6, 6.07) is 0. The zero-order valence-corrected chi connectivity index (χ0v) is 14.8. The third kappa shape index (κ3) is 2.66. The molecule has 1 amide bonds. The summed E-state index contributed by atoms with van der Waals surface area (Å²) in [5.74, 6) is 1.00. The number of thiazole rings is 1. The van der Waals surface area contributed by atoms with Crippen LogP contribution in [0.3, 0.4) is 0 Å². The van der Waals surface area contributed by atoms with E-state index in [4.69, 9.17) is 0 Å². The molecule has 0 radical (unpaired) electrons. The second-order valence-electron chi connectivity index (χ2n) is 6.85. The Hall–Kier alpha value is -2.02. The fraction of sp³-hybridized carbons (Fsp3) is 0.529. The SMILES string of the molecule is Cc1cnc(N2CCC3(CCN(Cc4csc(C)n4)C3=O)C2)nc1. The van der Waals surface area contributed by atoms with E-state index in [1.807, 2.05) is 31.1 Å². The maximum atomic E-state index is 13.0. The van der Waals surface area contributed by atoms with Crippen molar-refractivity contribution in [2.45, 2.75) is 33.2 Å². The van der Waals surface area contributed by atoms with Crippen LogP contribution >= 0.6 is 11.3 Å². The van der Waals surface area contributed by atoms with E-state index in [9.17, 15) is 4.79 Å². The van der Waals surface area contributed by atoms with Crippen molar-refractivity contribution in [3.05, 3.63) is 34.0 Å². The Bertz CT molecular complexity index is 759. The molecule has 2 aromatic rings. The molecule has 7 heteroatoms. The summed E-state index contributed by atoms with van der Waals surface area (Å²) in [7, 11) is 0. The number of aryl methyl sites for hydroxylation is 2. The Morgan fingerprint density at radius 1 is 1.21 bits per heavy atom. The molecule has 1 atom stereocenters. The average molecular weight is 343 g/mol. The molecule has 2 aliphatic heterocycles. The van der Waals surface area contributed by atoms with E-state index in [2.05, 4.69) is 25.2 Å². The lowest BCUT2D eigenvalue weighted by Gasteiger charge is -2.23. The maximum absolute atomic E-state index is 13.0. The number of carbonyl (C=O) groups excluding carboxylic acids is 1. The van der Waals surface area contributed by atoms with Crippen LogP contribution in [0.25, 0.3) is 0 Å². The van der Waals surface area contributed by atoms with Gasteiger partial charge < -0.3 is 9.80 Å². The van der Waals surface area contributed by atoms with Gasteiger partial charge in [-0.1, -0.05) is 0 Å². The van der Waals surface area contributed by atoms with E-state index in [-0.39, 0.29) is 11.3 Å². The van der Waals surface area contributed by atoms with Crippen molar-refractivity contribution in [3.63, 3.8) is 0 Å². The third-order valence-corrected chi connectivity index (χ3v) is 5.85. The molecule has 24 heavy (non-hydrogen) atoms. The predicted molar refractivity (Wildman–Crippen MR) is 92.9 cm³/mol. The Balaban J connectivity index is 1.46. The standard InChI is InChI=1S/C17H21N5OS/c1-12-7-18-16(19-8-12)22-6-4-17(11-22)3-5-21(15(17)23)9-14-10-24-13(2)20-14/h7-8,10H,3-6,9,11H2,1-2H3. The summed E-state index contributed by atoms with van der Waals surface area (Å²) in [6.07, 6.45) is 5.47. The summed E-state index contributed by atoms with van der Waals surface area (Å²) < 4.78 is 0. The minimum Gasteiger partial charge on any atom is -0.340 e. The number of anilines is 1. The van der Waals surface area contributed by atoms with Crippen LogP contribution in [0.15, 0.2) is 17.8 Å². The summed E-state index contributed by atoms with van der Waals surface area (Å²) in [6.45, 7) is 7.00. The highest BCUT2D eigenvalue weighted by Gasteiger charge is 2.51. The van der Waals surface area contributed by atoms with Gasteiger partial charge in [0.05, 0.1) is 22.7 Å². The normalized spacial score (nSPS) is 23.7. The molecule has 4 rings (SSSR count). The summed E-state index contributed by atoms with van der Waals surface area (Å²) in [5.41, 5.74) is 1.79. The van der Waals surface area contributed by atoms with Gasteiger partial charge in [-0.15, -0.1) is 11.3 Å². The Labute approximate surface area is 145 Å². The average Bonchev–Trinajstić information content (AvgIpc) is 3.26. The first-order valence-electron chi connectivity index (χ1n) is 8.30. The minimum atomic E-state index is -0.265. The molecule has 4 heterocycles. The van der Waals surface area contributed by atoms with Gasteiger partial charge in [-0.25, -0.2) is 15.0 Å². The van der Waals surface area contributed by atoms with Crippen molar-refractivity contribution in [3.8, 4) is 0 Å². The number of aromatic nitrogens is 3. The lowest BCUT2D eigenvalue weighted by molar-refractivity contribution is -0.135. The number of carbonyl (C=O) groups is 1. The fourth-order valence-corrected chi connectivity index (χ4v) is 4.29. The van der Waals surface area contributed by atoms with Crippen molar-refractivity contribution >= 4 is 23.2 Å². The number of likely N-dealkylation sites (tertiary alicyclic amines) is 1. The molecule has 2 fully saturated rings. The maximum Gasteiger partial charge on any atom is 0.231 e. The molecule has 1 unspecified atom stereocenters. The van der Waals surface area contributed by atoms with Gasteiger partial charge in [0.25, 0.3) is 0 Å². The van der Waals surface area contributed by atoms with E-state index in [1.165, 1.54) is 0 Å². The van der Waals surface area contributed by atoms with Crippen LogP contribution in [-0.2, 0) is 11.3 Å². The smallest absolute Gasteiger partial charge is 0.231 e. The summed E-state index contributed by atoms with van der Waals surface area (Å²) in [4.78, 5) is 30.4. The Kier molecular flexibility index (Phi) is 3.75. The number of amides is 1. The zero-order valence-electron chi connectivity index (χ0n) is 14.0. The molecule has 126 valence electrons. The molecule has 0 N–H and O–H groups in total. The fourth-order valence-electron chi connectivity index (χ4n) is 3.69. The molecular formula is C17H21N5OS. The van der Waals surface area contributed by atoms with E-state index in [0.29, 0.717) is 6.54 Å². The van der Waals surface area contributed by atoms with Gasteiger partial charge in [-0.2, -0.15) is 0 Å². The second kappa shape index (κ2) is 5.81. The van der Waals surface area contributed by atoms with Crippen LogP contribution < -0.4 is 4.90 Å². The molecule has 2 saturated heterocycles. The van der Waals surface area contributed by atoms with Gasteiger partial charge in [-0.05, 0) is 32.3 Å². The number of rotatable bonds is 3. The van der Waals surface area contributed by atoms with Crippen LogP contribution in [0.2, 0.25) is 0 Å². The zero-order chi connectivity index (χ0) is 16.7. The molecule has 0 bridgehead atoms. The Morgan fingerprint density at radius 3 is 2.67 bits per heavy atom. The van der Waals surface area contributed by atoms with E-state index < -0.39 is 0 Å². The van der Waals surface area contributed by atoms with E-state index >= 15 is 0 Å². The van der Waals surface area contributed by atoms with Crippen LogP contribution in [-0.4, -0.2) is 45.4 Å². The second-order valence-corrected chi connectivity index (χ2v) is 7.91. The molecule has 2 aromatic heterocycles. The molecule has 0 saturated carbocycles. The molecule has 0 aliphatic carbocycles. The molecule has 1 spiro atoms. The highest BCUT2D eigenvalue weighted by molar-refractivity contribution is 7.09. The first-order chi connectivity index (χ1) is 11.6. The van der Waals surface area contributed by atoms with Crippen molar-refractivity contribution in [2.24, 2.45) is 5.41 Å². The first-order valence-corrected chi connectivity index (χ1v) is 9.18. The highest BCUT2D eigenvalue weighted by atomic mass is 32.1. The summed E-state index contributed by atoms with van der Waals surface area (Å²) in [5, 5.41) is 3.10. The quantitative estimate of drug-likeness (QED) is 0.855.